The highest BCUT2D eigenvalue weighted by Crippen LogP contribution is 2.22. The maximum absolute atomic E-state index is 12.8. The molecule has 2 heterocycles. The molecular formula is C16H21N3O. The molecule has 20 heavy (non-hydrogen) atoms. The zero-order valence-electron chi connectivity index (χ0n) is 11.9. The van der Waals surface area contributed by atoms with Crippen molar-refractivity contribution in [3.63, 3.8) is 0 Å². The Morgan fingerprint density at radius 3 is 2.80 bits per heavy atom. The number of hydrogen-bond acceptors (Lipinski definition) is 2. The Bertz CT molecular complexity index is 599. The van der Waals surface area contributed by atoms with E-state index in [0.29, 0.717) is 6.04 Å². The summed E-state index contributed by atoms with van der Waals surface area (Å²) in [6, 6.07) is 8.34. The second-order valence-electron chi connectivity index (χ2n) is 5.32. The molecule has 0 atom stereocenters. The van der Waals surface area contributed by atoms with Crippen LogP contribution in [0.25, 0.3) is 10.9 Å². The van der Waals surface area contributed by atoms with Crippen LogP contribution in [0.15, 0.2) is 30.5 Å². The standard InChI is InChI=1S/C16H21N3O/c1-2-19(12-7-9-17-10-8-12)16(20)14-11-18-15-6-4-3-5-13(14)15/h3-6,11-12,17-18H,2,7-10H2,1H3. The first-order valence-electron chi connectivity index (χ1n) is 7.39. The molecule has 0 unspecified atom stereocenters. The van der Waals surface area contributed by atoms with Gasteiger partial charge in [-0.2, -0.15) is 0 Å². The van der Waals surface area contributed by atoms with Crippen LogP contribution in [0.5, 0.6) is 0 Å². The number of nitrogens with one attached hydrogen (secondary N) is 2. The molecule has 0 spiro atoms. The molecule has 1 aromatic heterocycles. The minimum atomic E-state index is 0.150. The minimum Gasteiger partial charge on any atom is -0.360 e. The second kappa shape index (κ2) is 5.67. The average molecular weight is 271 g/mol. The number of carbonyl (C=O) groups excluding carboxylic acids is 1. The maximum atomic E-state index is 12.8. The summed E-state index contributed by atoms with van der Waals surface area (Å²) < 4.78 is 0. The van der Waals surface area contributed by atoms with Gasteiger partial charge in [0.2, 0.25) is 0 Å². The molecule has 1 aromatic carbocycles. The lowest BCUT2D eigenvalue weighted by Crippen LogP contribution is -2.46. The van der Waals surface area contributed by atoms with Gasteiger partial charge < -0.3 is 15.2 Å². The number of H-pyrrole nitrogens is 1. The summed E-state index contributed by atoms with van der Waals surface area (Å²) in [7, 11) is 0. The number of amides is 1. The van der Waals surface area contributed by atoms with E-state index in [4.69, 9.17) is 0 Å². The summed E-state index contributed by atoms with van der Waals surface area (Å²) >= 11 is 0. The fraction of sp³-hybridized carbons (Fsp3) is 0.438. The van der Waals surface area contributed by atoms with Crippen LogP contribution in [0.2, 0.25) is 0 Å². The molecule has 0 radical (unpaired) electrons. The van der Waals surface area contributed by atoms with Gasteiger partial charge in [-0.25, -0.2) is 0 Å². The molecule has 4 nitrogen and oxygen atoms in total. The van der Waals surface area contributed by atoms with Crippen LogP contribution in [0, 0.1) is 0 Å². The normalized spacial score (nSPS) is 16.4. The van der Waals surface area contributed by atoms with E-state index in [1.54, 1.807) is 0 Å². The summed E-state index contributed by atoms with van der Waals surface area (Å²) in [5, 5.41) is 4.37. The Balaban J connectivity index is 1.89. The van der Waals surface area contributed by atoms with E-state index in [-0.39, 0.29) is 5.91 Å². The first-order valence-corrected chi connectivity index (χ1v) is 7.39. The van der Waals surface area contributed by atoms with Gasteiger partial charge in [-0.05, 0) is 38.9 Å². The van der Waals surface area contributed by atoms with Crippen molar-refractivity contribution in [3.8, 4) is 0 Å². The predicted molar refractivity (Wildman–Crippen MR) is 80.9 cm³/mol. The number of carbonyl (C=O) groups is 1. The third-order valence-corrected chi connectivity index (χ3v) is 4.17. The Morgan fingerprint density at radius 2 is 2.05 bits per heavy atom. The summed E-state index contributed by atoms with van der Waals surface area (Å²) in [5.74, 6) is 0.150. The van der Waals surface area contributed by atoms with E-state index in [0.717, 1.165) is 48.9 Å². The first kappa shape index (κ1) is 13.2. The van der Waals surface area contributed by atoms with Crippen LogP contribution in [-0.4, -0.2) is 41.5 Å². The lowest BCUT2D eigenvalue weighted by Gasteiger charge is -2.33. The van der Waals surface area contributed by atoms with Crippen LogP contribution in [0.3, 0.4) is 0 Å². The largest absolute Gasteiger partial charge is 0.360 e. The third-order valence-electron chi connectivity index (χ3n) is 4.17. The molecule has 0 saturated carbocycles. The fourth-order valence-corrected chi connectivity index (χ4v) is 3.09. The zero-order chi connectivity index (χ0) is 13.9. The van der Waals surface area contributed by atoms with Crippen molar-refractivity contribution in [1.82, 2.24) is 15.2 Å². The highest BCUT2D eigenvalue weighted by Gasteiger charge is 2.26. The van der Waals surface area contributed by atoms with Crippen LogP contribution < -0.4 is 5.32 Å². The minimum absolute atomic E-state index is 0.150. The lowest BCUT2D eigenvalue weighted by atomic mass is 10.0. The number of piperidine rings is 1. The van der Waals surface area contributed by atoms with Crippen molar-refractivity contribution in [1.29, 1.82) is 0 Å². The monoisotopic (exact) mass is 271 g/mol. The summed E-state index contributed by atoms with van der Waals surface area (Å²) in [5.41, 5.74) is 1.82. The number of nitrogens with zero attached hydrogens (tertiary/aromatic N) is 1. The Morgan fingerprint density at radius 1 is 1.30 bits per heavy atom. The van der Waals surface area contributed by atoms with E-state index in [1.165, 1.54) is 0 Å². The summed E-state index contributed by atoms with van der Waals surface area (Å²) in [6.07, 6.45) is 3.93. The number of rotatable bonds is 3. The first-order chi connectivity index (χ1) is 9.81. The molecule has 0 aliphatic carbocycles. The van der Waals surface area contributed by atoms with Gasteiger partial charge in [-0.1, -0.05) is 18.2 Å². The highest BCUT2D eigenvalue weighted by molar-refractivity contribution is 6.06. The second-order valence-corrected chi connectivity index (χ2v) is 5.32. The third kappa shape index (κ3) is 2.31. The molecular weight excluding hydrogens is 250 g/mol. The van der Waals surface area contributed by atoms with Crippen LogP contribution in [0.4, 0.5) is 0 Å². The van der Waals surface area contributed by atoms with Gasteiger partial charge in [0.05, 0.1) is 5.56 Å². The number of benzene rings is 1. The van der Waals surface area contributed by atoms with Crippen LogP contribution >= 0.6 is 0 Å². The highest BCUT2D eigenvalue weighted by atomic mass is 16.2. The van der Waals surface area contributed by atoms with Gasteiger partial charge in [0.15, 0.2) is 0 Å². The lowest BCUT2D eigenvalue weighted by molar-refractivity contribution is 0.0658. The Hall–Kier alpha value is -1.81. The zero-order valence-corrected chi connectivity index (χ0v) is 11.9. The molecule has 1 aliphatic rings. The summed E-state index contributed by atoms with van der Waals surface area (Å²) in [6.45, 7) is 4.84. The van der Waals surface area contributed by atoms with Crippen molar-refractivity contribution in [2.75, 3.05) is 19.6 Å². The number of aromatic nitrogens is 1. The number of para-hydroxylation sites is 1. The molecule has 1 amide bonds. The van der Waals surface area contributed by atoms with Crippen molar-refractivity contribution in [3.05, 3.63) is 36.0 Å². The topological polar surface area (TPSA) is 48.1 Å². The predicted octanol–water partition coefficient (Wildman–Crippen LogP) is 2.38. The Kier molecular flexibility index (Phi) is 3.74. The maximum Gasteiger partial charge on any atom is 0.256 e. The van der Waals surface area contributed by atoms with Crippen molar-refractivity contribution >= 4 is 16.8 Å². The molecule has 106 valence electrons. The number of hydrogen-bond donors (Lipinski definition) is 2. The Labute approximate surface area is 119 Å². The quantitative estimate of drug-likeness (QED) is 0.900. The number of aromatic amines is 1. The van der Waals surface area contributed by atoms with Crippen molar-refractivity contribution < 1.29 is 4.79 Å². The van der Waals surface area contributed by atoms with Gasteiger partial charge in [-0.15, -0.1) is 0 Å². The van der Waals surface area contributed by atoms with Gasteiger partial charge >= 0.3 is 0 Å². The number of fused-ring (bicyclic) bond motifs is 1. The van der Waals surface area contributed by atoms with E-state index in [9.17, 15) is 4.79 Å². The average Bonchev–Trinajstić information content (AvgIpc) is 2.93. The molecule has 0 bridgehead atoms. The van der Waals surface area contributed by atoms with Crippen LogP contribution in [0.1, 0.15) is 30.1 Å². The van der Waals surface area contributed by atoms with Crippen LogP contribution in [-0.2, 0) is 0 Å². The van der Waals surface area contributed by atoms with Gasteiger partial charge in [-0.3, -0.25) is 4.79 Å². The molecule has 1 fully saturated rings. The molecule has 1 saturated heterocycles. The molecule has 1 aliphatic heterocycles. The van der Waals surface area contributed by atoms with Crippen molar-refractivity contribution in [2.45, 2.75) is 25.8 Å². The van der Waals surface area contributed by atoms with Gasteiger partial charge in [0, 0.05) is 29.7 Å². The molecule has 2 N–H and O–H groups in total. The van der Waals surface area contributed by atoms with E-state index in [2.05, 4.69) is 17.2 Å². The smallest absolute Gasteiger partial charge is 0.256 e. The van der Waals surface area contributed by atoms with Gasteiger partial charge in [0.1, 0.15) is 0 Å². The van der Waals surface area contributed by atoms with E-state index >= 15 is 0 Å². The molecule has 2 aromatic rings. The summed E-state index contributed by atoms with van der Waals surface area (Å²) in [4.78, 5) is 18.1. The van der Waals surface area contributed by atoms with Gasteiger partial charge in [0.25, 0.3) is 5.91 Å². The van der Waals surface area contributed by atoms with E-state index < -0.39 is 0 Å². The molecule has 4 heteroatoms. The van der Waals surface area contributed by atoms with E-state index in [1.807, 2.05) is 35.4 Å². The molecule has 3 rings (SSSR count). The SMILES string of the molecule is CCN(C(=O)c1c[nH]c2ccccc12)C1CCNCC1. The van der Waals surface area contributed by atoms with Crippen molar-refractivity contribution in [2.24, 2.45) is 0 Å². The fourth-order valence-electron chi connectivity index (χ4n) is 3.09.